The summed E-state index contributed by atoms with van der Waals surface area (Å²) < 4.78 is 53.2. The van der Waals surface area contributed by atoms with E-state index in [0.717, 1.165) is 5.56 Å². The highest BCUT2D eigenvalue weighted by molar-refractivity contribution is 8.00. The van der Waals surface area contributed by atoms with Gasteiger partial charge >= 0.3 is 23.9 Å². The van der Waals surface area contributed by atoms with Crippen molar-refractivity contribution in [2.75, 3.05) is 13.2 Å². The molecule has 3 aliphatic rings. The molecule has 0 N–H and O–H groups in total. The van der Waals surface area contributed by atoms with Gasteiger partial charge in [-0.25, -0.2) is 0 Å². The Morgan fingerprint density at radius 2 is 1.35 bits per heavy atom. The third-order valence-corrected chi connectivity index (χ3v) is 7.85. The highest BCUT2D eigenvalue weighted by Crippen LogP contribution is 2.41. The van der Waals surface area contributed by atoms with Crippen LogP contribution in [0.15, 0.2) is 30.3 Å². The fraction of sp³-hybridized carbons (Fsp3) is 0.655. The van der Waals surface area contributed by atoms with E-state index in [0.29, 0.717) is 0 Å². The molecule has 0 amide bonds. The Kier molecular flexibility index (Phi) is 11.4. The Labute approximate surface area is 254 Å². The zero-order valence-electron chi connectivity index (χ0n) is 24.9. The Balaban J connectivity index is 1.67. The van der Waals surface area contributed by atoms with Crippen LogP contribution < -0.4 is 0 Å². The highest BCUT2D eigenvalue weighted by Gasteiger charge is 2.56. The molecule has 3 saturated heterocycles. The van der Waals surface area contributed by atoms with Gasteiger partial charge in [0.25, 0.3) is 0 Å². The summed E-state index contributed by atoms with van der Waals surface area (Å²) in [6.07, 6.45) is -9.14. The SMILES string of the molecule is CC(=O)O[C@H]1[C@H]2O[C@H](c3ccccc3)OC[C@H]2O[C@@H](SC(C)C)[C@@H]1O[C@@H]1OC[C@@H](OC(C)=O)[C@H](OC(C)=O)[C@H]1OC(C)=O. The van der Waals surface area contributed by atoms with E-state index in [4.69, 9.17) is 42.6 Å². The normalized spacial score (nSPS) is 34.0. The Morgan fingerprint density at radius 3 is 1.95 bits per heavy atom. The van der Waals surface area contributed by atoms with E-state index in [-0.39, 0.29) is 18.5 Å². The van der Waals surface area contributed by atoms with Crippen LogP contribution in [0.4, 0.5) is 0 Å². The molecule has 0 spiro atoms. The van der Waals surface area contributed by atoms with Gasteiger partial charge in [0, 0.05) is 38.5 Å². The number of hydrogen-bond donors (Lipinski definition) is 0. The first-order valence-corrected chi connectivity index (χ1v) is 15.0. The van der Waals surface area contributed by atoms with Crippen molar-refractivity contribution in [3.63, 3.8) is 0 Å². The van der Waals surface area contributed by atoms with Crippen LogP contribution in [0.1, 0.15) is 53.4 Å². The number of hydrogen-bond acceptors (Lipinski definition) is 14. The zero-order chi connectivity index (χ0) is 31.3. The molecule has 13 nitrogen and oxygen atoms in total. The fourth-order valence-electron chi connectivity index (χ4n) is 5.15. The molecule has 0 unspecified atom stereocenters. The van der Waals surface area contributed by atoms with Crippen molar-refractivity contribution in [2.45, 2.75) is 108 Å². The maximum absolute atomic E-state index is 12.4. The molecule has 3 aliphatic heterocycles. The lowest BCUT2D eigenvalue weighted by molar-refractivity contribution is -0.350. The second-order valence-corrected chi connectivity index (χ2v) is 12.3. The topological polar surface area (TPSA) is 151 Å². The van der Waals surface area contributed by atoms with Crippen LogP contribution in [0.3, 0.4) is 0 Å². The van der Waals surface area contributed by atoms with Gasteiger partial charge in [-0.3, -0.25) is 19.2 Å². The van der Waals surface area contributed by atoms with E-state index in [1.165, 1.54) is 39.5 Å². The van der Waals surface area contributed by atoms with Crippen LogP contribution in [0.2, 0.25) is 0 Å². The number of benzene rings is 1. The second kappa shape index (κ2) is 14.8. The van der Waals surface area contributed by atoms with Gasteiger partial charge < -0.3 is 42.6 Å². The van der Waals surface area contributed by atoms with Crippen molar-refractivity contribution >= 4 is 35.6 Å². The molecule has 10 atom stereocenters. The predicted molar refractivity (Wildman–Crippen MR) is 148 cm³/mol. The smallest absolute Gasteiger partial charge is 0.303 e. The first-order valence-electron chi connectivity index (χ1n) is 14.0. The van der Waals surface area contributed by atoms with Gasteiger partial charge in [0.15, 0.2) is 37.0 Å². The maximum atomic E-state index is 12.4. The summed E-state index contributed by atoms with van der Waals surface area (Å²) in [5.74, 6) is -2.64. The summed E-state index contributed by atoms with van der Waals surface area (Å²) in [5.41, 5.74) is 0.0657. The Bertz CT molecular complexity index is 1130. The molecule has 238 valence electrons. The molecule has 14 heteroatoms. The summed E-state index contributed by atoms with van der Waals surface area (Å²) in [6, 6.07) is 9.30. The molecule has 4 rings (SSSR count). The number of thioether (sulfide) groups is 1. The number of carbonyl (C=O) groups excluding carboxylic acids is 4. The van der Waals surface area contributed by atoms with Crippen LogP contribution in [-0.4, -0.2) is 96.8 Å². The number of rotatable bonds is 9. The molecule has 3 heterocycles. The van der Waals surface area contributed by atoms with Gasteiger partial charge in [0.2, 0.25) is 0 Å². The number of carbonyl (C=O) groups is 4. The van der Waals surface area contributed by atoms with Crippen LogP contribution in [0, 0.1) is 0 Å². The third kappa shape index (κ3) is 8.67. The van der Waals surface area contributed by atoms with Crippen molar-refractivity contribution in [2.24, 2.45) is 0 Å². The van der Waals surface area contributed by atoms with E-state index in [9.17, 15) is 19.2 Å². The Morgan fingerprint density at radius 1 is 0.744 bits per heavy atom. The third-order valence-electron chi connectivity index (χ3n) is 6.66. The van der Waals surface area contributed by atoms with E-state index < -0.39 is 84.6 Å². The van der Waals surface area contributed by atoms with Crippen molar-refractivity contribution in [1.29, 1.82) is 0 Å². The molecule has 0 bridgehead atoms. The highest BCUT2D eigenvalue weighted by atomic mass is 32.2. The van der Waals surface area contributed by atoms with Gasteiger partial charge in [-0.2, -0.15) is 0 Å². The summed E-state index contributed by atoms with van der Waals surface area (Å²) in [7, 11) is 0. The molecular weight excluding hydrogens is 588 g/mol. The minimum atomic E-state index is -1.34. The molecule has 1 aromatic carbocycles. The van der Waals surface area contributed by atoms with E-state index in [1.54, 1.807) is 0 Å². The van der Waals surface area contributed by atoms with Gasteiger partial charge in [0.05, 0.1) is 13.2 Å². The first kappa shape index (κ1) is 33.1. The maximum Gasteiger partial charge on any atom is 0.303 e. The molecule has 0 aliphatic carbocycles. The van der Waals surface area contributed by atoms with Gasteiger partial charge in [0.1, 0.15) is 23.7 Å². The minimum Gasteiger partial charge on any atom is -0.457 e. The fourth-order valence-corrected chi connectivity index (χ4v) is 6.27. The van der Waals surface area contributed by atoms with Gasteiger partial charge in [-0.15, -0.1) is 11.8 Å². The average Bonchev–Trinajstić information content (AvgIpc) is 2.92. The van der Waals surface area contributed by atoms with Crippen molar-refractivity contribution < 1.29 is 61.8 Å². The minimum absolute atomic E-state index is 0.0619. The summed E-state index contributed by atoms with van der Waals surface area (Å²) in [4.78, 5) is 48.4. The van der Waals surface area contributed by atoms with Gasteiger partial charge in [-0.05, 0) is 0 Å². The van der Waals surface area contributed by atoms with Crippen LogP contribution in [-0.2, 0) is 61.8 Å². The van der Waals surface area contributed by atoms with E-state index in [2.05, 4.69) is 0 Å². The summed E-state index contributed by atoms with van der Waals surface area (Å²) >= 11 is 1.42. The predicted octanol–water partition coefficient (Wildman–Crippen LogP) is 2.44. The number of ether oxygens (including phenoxy) is 9. The van der Waals surface area contributed by atoms with E-state index in [1.807, 2.05) is 44.2 Å². The lowest BCUT2D eigenvalue weighted by atomic mass is 9.97. The summed E-state index contributed by atoms with van der Waals surface area (Å²) in [5, 5.41) is 0.0619. The zero-order valence-corrected chi connectivity index (χ0v) is 25.7. The van der Waals surface area contributed by atoms with E-state index >= 15 is 0 Å². The monoisotopic (exact) mass is 626 g/mol. The van der Waals surface area contributed by atoms with Crippen molar-refractivity contribution in [1.82, 2.24) is 0 Å². The molecule has 1 aromatic rings. The molecule has 0 radical (unpaired) electrons. The molecular formula is C29H38O13S. The Hall–Kier alpha value is -2.75. The van der Waals surface area contributed by atoms with Crippen LogP contribution in [0.25, 0.3) is 0 Å². The molecule has 43 heavy (non-hydrogen) atoms. The molecule has 0 aromatic heterocycles. The number of fused-ring (bicyclic) bond motifs is 1. The van der Waals surface area contributed by atoms with Gasteiger partial charge in [-0.1, -0.05) is 44.2 Å². The largest absolute Gasteiger partial charge is 0.457 e. The quantitative estimate of drug-likeness (QED) is 0.291. The van der Waals surface area contributed by atoms with Crippen molar-refractivity contribution in [3.05, 3.63) is 35.9 Å². The second-order valence-electron chi connectivity index (χ2n) is 10.6. The average molecular weight is 627 g/mol. The number of esters is 4. The molecule has 3 fully saturated rings. The summed E-state index contributed by atoms with van der Waals surface area (Å²) in [6.45, 7) is 8.68. The lowest BCUT2D eigenvalue weighted by Crippen LogP contribution is -2.65. The lowest BCUT2D eigenvalue weighted by Gasteiger charge is -2.50. The first-order chi connectivity index (χ1) is 20.4. The van der Waals surface area contributed by atoms with Crippen LogP contribution in [0.5, 0.6) is 0 Å². The van der Waals surface area contributed by atoms with Crippen molar-refractivity contribution in [3.8, 4) is 0 Å². The van der Waals surface area contributed by atoms with Crippen LogP contribution >= 0.6 is 11.8 Å². The standard InChI is InChI=1S/C29H38O13S/c1-14(2)43-29-26(42-28-25(39-18(6)33)23(37-16(4)31)20(12-35-28)36-15(3)30)24(38-17(5)32)22-21(40-29)13-34-27(41-22)19-10-8-7-9-11-19/h7-11,14,20-29H,12-13H2,1-6H3/t20-,21-,22+,23+,24+,25-,26-,27-,28+,29+/m1/s1. The molecule has 0 saturated carbocycles.